The maximum Gasteiger partial charge on any atom is 0.175 e. The predicted octanol–water partition coefficient (Wildman–Crippen LogP) is 2.74. The lowest BCUT2D eigenvalue weighted by molar-refractivity contribution is -0.198. The first kappa shape index (κ1) is 14.4. The molecule has 1 heterocycles. The molecule has 0 N–H and O–H groups in total. The summed E-state index contributed by atoms with van der Waals surface area (Å²) in [6.45, 7) is 5.20. The topological polar surface area (TPSA) is 36.9 Å². The van der Waals surface area contributed by atoms with Crippen LogP contribution in [0.2, 0.25) is 0 Å². The zero-order chi connectivity index (χ0) is 14.9. The third-order valence-electron chi connectivity index (χ3n) is 4.48. The molecule has 2 aliphatic rings. The van der Waals surface area contributed by atoms with E-state index in [4.69, 9.17) is 18.9 Å². The van der Waals surface area contributed by atoms with E-state index in [1.54, 1.807) is 14.2 Å². The lowest BCUT2D eigenvalue weighted by Gasteiger charge is -2.40. The summed E-state index contributed by atoms with van der Waals surface area (Å²) in [6, 6.07) is 4.04. The summed E-state index contributed by atoms with van der Waals surface area (Å²) >= 11 is 0. The fourth-order valence-corrected chi connectivity index (χ4v) is 3.51. The van der Waals surface area contributed by atoms with Crippen LogP contribution in [0.25, 0.3) is 0 Å². The normalized spacial score (nSPS) is 22.9. The molecule has 1 aromatic rings. The van der Waals surface area contributed by atoms with Gasteiger partial charge in [0.15, 0.2) is 17.3 Å². The Bertz CT molecular complexity index is 532. The SMILES string of the molecule is C=CCC1Cc2c(ccc(OC)c2OC)CC12OCCO2. The van der Waals surface area contributed by atoms with Crippen LogP contribution in [0.4, 0.5) is 0 Å². The van der Waals surface area contributed by atoms with Gasteiger partial charge in [-0.2, -0.15) is 0 Å². The zero-order valence-electron chi connectivity index (χ0n) is 12.7. The number of rotatable bonds is 4. The fraction of sp³-hybridized carbons (Fsp3) is 0.529. The molecule has 1 spiro atoms. The van der Waals surface area contributed by atoms with Crippen LogP contribution < -0.4 is 9.47 Å². The fourth-order valence-electron chi connectivity index (χ4n) is 3.51. The van der Waals surface area contributed by atoms with Gasteiger partial charge in [-0.25, -0.2) is 0 Å². The van der Waals surface area contributed by atoms with E-state index in [0.29, 0.717) is 13.2 Å². The van der Waals surface area contributed by atoms with Crippen LogP contribution in [0.5, 0.6) is 11.5 Å². The first-order valence-electron chi connectivity index (χ1n) is 7.35. The van der Waals surface area contributed by atoms with E-state index in [1.807, 2.05) is 12.1 Å². The first-order chi connectivity index (χ1) is 10.2. The molecule has 1 atom stereocenters. The molecule has 1 aliphatic heterocycles. The second kappa shape index (κ2) is 5.70. The highest BCUT2D eigenvalue weighted by Gasteiger charge is 2.47. The predicted molar refractivity (Wildman–Crippen MR) is 79.9 cm³/mol. The zero-order valence-corrected chi connectivity index (χ0v) is 12.7. The van der Waals surface area contributed by atoms with E-state index < -0.39 is 5.79 Å². The first-order valence-corrected chi connectivity index (χ1v) is 7.35. The second-order valence-corrected chi connectivity index (χ2v) is 5.55. The van der Waals surface area contributed by atoms with Gasteiger partial charge < -0.3 is 18.9 Å². The van der Waals surface area contributed by atoms with Gasteiger partial charge in [0.05, 0.1) is 27.4 Å². The van der Waals surface area contributed by atoms with Crippen LogP contribution in [0.15, 0.2) is 24.8 Å². The van der Waals surface area contributed by atoms with Crippen LogP contribution >= 0.6 is 0 Å². The van der Waals surface area contributed by atoms with Gasteiger partial charge in [-0.3, -0.25) is 0 Å². The van der Waals surface area contributed by atoms with E-state index >= 15 is 0 Å². The van der Waals surface area contributed by atoms with Gasteiger partial charge in [-0.1, -0.05) is 12.1 Å². The molecule has 3 rings (SSSR count). The molecule has 21 heavy (non-hydrogen) atoms. The highest BCUT2D eigenvalue weighted by atomic mass is 16.7. The molecule has 0 radical (unpaired) electrons. The van der Waals surface area contributed by atoms with E-state index in [0.717, 1.165) is 30.8 Å². The quantitative estimate of drug-likeness (QED) is 0.799. The van der Waals surface area contributed by atoms with Crippen LogP contribution in [0.3, 0.4) is 0 Å². The van der Waals surface area contributed by atoms with E-state index in [9.17, 15) is 0 Å². The summed E-state index contributed by atoms with van der Waals surface area (Å²) in [7, 11) is 3.35. The van der Waals surface area contributed by atoms with Crippen molar-refractivity contribution >= 4 is 0 Å². The third kappa shape index (κ3) is 2.32. The summed E-state index contributed by atoms with van der Waals surface area (Å²) in [5, 5.41) is 0. The maximum atomic E-state index is 5.99. The molecule has 1 fully saturated rings. The van der Waals surface area contributed by atoms with Crippen LogP contribution in [0, 0.1) is 5.92 Å². The number of hydrogen-bond donors (Lipinski definition) is 0. The average molecular weight is 290 g/mol. The Kier molecular flexibility index (Phi) is 3.91. The highest BCUT2D eigenvalue weighted by molar-refractivity contribution is 5.52. The lowest BCUT2D eigenvalue weighted by atomic mass is 9.77. The van der Waals surface area contributed by atoms with Gasteiger partial charge >= 0.3 is 0 Å². The van der Waals surface area contributed by atoms with Gasteiger partial charge in [0.25, 0.3) is 0 Å². The molecule has 1 aliphatic carbocycles. The molecule has 4 nitrogen and oxygen atoms in total. The monoisotopic (exact) mass is 290 g/mol. The Hall–Kier alpha value is -1.52. The number of methoxy groups -OCH3 is 2. The highest BCUT2D eigenvalue weighted by Crippen LogP contribution is 2.46. The van der Waals surface area contributed by atoms with Crippen molar-refractivity contribution in [3.63, 3.8) is 0 Å². The smallest absolute Gasteiger partial charge is 0.175 e. The van der Waals surface area contributed by atoms with Crippen molar-refractivity contribution in [2.45, 2.75) is 25.0 Å². The lowest BCUT2D eigenvalue weighted by Crippen LogP contribution is -2.45. The van der Waals surface area contributed by atoms with E-state index in [-0.39, 0.29) is 5.92 Å². The molecule has 1 unspecified atom stereocenters. The molecule has 0 amide bonds. The van der Waals surface area contributed by atoms with Gasteiger partial charge in [-0.05, 0) is 24.5 Å². The number of benzene rings is 1. The minimum atomic E-state index is -0.499. The molecule has 1 aromatic carbocycles. The van der Waals surface area contributed by atoms with Crippen molar-refractivity contribution in [1.29, 1.82) is 0 Å². The Morgan fingerprint density at radius 3 is 2.67 bits per heavy atom. The van der Waals surface area contributed by atoms with Crippen molar-refractivity contribution in [2.24, 2.45) is 5.92 Å². The average Bonchev–Trinajstić information content (AvgIpc) is 2.96. The minimum Gasteiger partial charge on any atom is -0.493 e. The van der Waals surface area contributed by atoms with Gasteiger partial charge in [-0.15, -0.1) is 6.58 Å². The van der Waals surface area contributed by atoms with Gasteiger partial charge in [0.1, 0.15) is 0 Å². The molecular weight excluding hydrogens is 268 g/mol. The third-order valence-corrected chi connectivity index (χ3v) is 4.48. The minimum absolute atomic E-state index is 0.256. The molecule has 0 saturated carbocycles. The summed E-state index contributed by atoms with van der Waals surface area (Å²) < 4.78 is 23.0. The number of allylic oxidation sites excluding steroid dienone is 1. The van der Waals surface area contributed by atoms with Gasteiger partial charge in [0, 0.05) is 17.9 Å². The van der Waals surface area contributed by atoms with E-state index in [2.05, 4.69) is 12.6 Å². The largest absolute Gasteiger partial charge is 0.493 e. The van der Waals surface area contributed by atoms with Crippen molar-refractivity contribution in [3.05, 3.63) is 35.9 Å². The Balaban J connectivity index is 2.03. The molecule has 114 valence electrons. The summed E-state index contributed by atoms with van der Waals surface area (Å²) in [5.74, 6) is 1.36. The number of hydrogen-bond acceptors (Lipinski definition) is 4. The summed E-state index contributed by atoms with van der Waals surface area (Å²) in [5.41, 5.74) is 2.42. The molecular formula is C17H22O4. The van der Waals surface area contributed by atoms with Crippen LogP contribution in [-0.4, -0.2) is 33.2 Å². The number of fused-ring (bicyclic) bond motifs is 1. The molecule has 0 aromatic heterocycles. The summed E-state index contributed by atoms with van der Waals surface area (Å²) in [4.78, 5) is 0. The van der Waals surface area contributed by atoms with Gasteiger partial charge in [0.2, 0.25) is 0 Å². The Labute approximate surface area is 125 Å². The Morgan fingerprint density at radius 2 is 2.05 bits per heavy atom. The van der Waals surface area contributed by atoms with Crippen molar-refractivity contribution in [1.82, 2.24) is 0 Å². The van der Waals surface area contributed by atoms with E-state index in [1.165, 1.54) is 11.1 Å². The Morgan fingerprint density at radius 1 is 1.29 bits per heavy atom. The summed E-state index contributed by atoms with van der Waals surface area (Å²) in [6.07, 6.45) is 4.40. The second-order valence-electron chi connectivity index (χ2n) is 5.55. The maximum absolute atomic E-state index is 5.99. The van der Waals surface area contributed by atoms with Crippen molar-refractivity contribution in [2.75, 3.05) is 27.4 Å². The standard InChI is InChI=1S/C17H22O4/c1-4-5-13-10-14-12(11-17(13)20-8-9-21-17)6-7-15(18-2)16(14)19-3/h4,6-7,13H,1,5,8-11H2,2-3H3. The van der Waals surface area contributed by atoms with Crippen molar-refractivity contribution in [3.8, 4) is 11.5 Å². The molecule has 0 bridgehead atoms. The molecule has 4 heteroatoms. The van der Waals surface area contributed by atoms with Crippen LogP contribution in [0.1, 0.15) is 17.5 Å². The number of ether oxygens (including phenoxy) is 4. The van der Waals surface area contributed by atoms with Crippen LogP contribution in [-0.2, 0) is 22.3 Å². The van der Waals surface area contributed by atoms with Crippen molar-refractivity contribution < 1.29 is 18.9 Å². The molecule has 1 saturated heterocycles.